The molecule has 17 heavy (non-hydrogen) atoms. The van der Waals surface area contributed by atoms with Gasteiger partial charge in [-0.05, 0) is 5.92 Å². The highest BCUT2D eigenvalue weighted by atomic mass is 15.2. The van der Waals surface area contributed by atoms with Crippen LogP contribution in [0.3, 0.4) is 0 Å². The number of nitrogens with one attached hydrogen (secondary N) is 1. The van der Waals surface area contributed by atoms with Crippen molar-refractivity contribution in [1.82, 2.24) is 19.7 Å². The molecule has 0 aliphatic carbocycles. The maximum atomic E-state index is 4.39. The van der Waals surface area contributed by atoms with Gasteiger partial charge in [-0.2, -0.15) is 5.10 Å². The summed E-state index contributed by atoms with van der Waals surface area (Å²) < 4.78 is 1.78. The Kier molecular flexibility index (Phi) is 3.08. The monoisotopic (exact) mass is 231 g/mol. The molecule has 0 saturated carbocycles. The molecule has 0 aromatic carbocycles. The van der Waals surface area contributed by atoms with Crippen LogP contribution in [0.5, 0.6) is 0 Å². The Morgan fingerprint density at radius 1 is 1.29 bits per heavy atom. The molecular formula is C12H17N5. The molecule has 0 atom stereocenters. The first-order chi connectivity index (χ1) is 8.13. The normalized spacial score (nSPS) is 10.9. The summed E-state index contributed by atoms with van der Waals surface area (Å²) in [5, 5.41) is 7.30. The summed E-state index contributed by atoms with van der Waals surface area (Å²) in [4.78, 5) is 8.65. The summed E-state index contributed by atoms with van der Waals surface area (Å²) in [5.41, 5.74) is 3.10. The molecule has 0 saturated heterocycles. The van der Waals surface area contributed by atoms with Crippen LogP contribution >= 0.6 is 0 Å². The molecule has 0 fully saturated rings. The van der Waals surface area contributed by atoms with Crippen LogP contribution < -0.4 is 5.32 Å². The van der Waals surface area contributed by atoms with E-state index in [2.05, 4.69) is 34.2 Å². The number of aromatic nitrogens is 4. The zero-order chi connectivity index (χ0) is 12.4. The molecule has 1 N–H and O–H groups in total. The van der Waals surface area contributed by atoms with E-state index < -0.39 is 0 Å². The van der Waals surface area contributed by atoms with Crippen LogP contribution in [0, 0.1) is 0 Å². The van der Waals surface area contributed by atoms with E-state index >= 15 is 0 Å². The van der Waals surface area contributed by atoms with Gasteiger partial charge in [0.25, 0.3) is 0 Å². The molecular weight excluding hydrogens is 214 g/mol. The summed E-state index contributed by atoms with van der Waals surface area (Å²) >= 11 is 0. The average Bonchev–Trinajstić information content (AvgIpc) is 2.74. The van der Waals surface area contributed by atoms with Crippen LogP contribution in [0.25, 0.3) is 11.3 Å². The lowest BCUT2D eigenvalue weighted by Gasteiger charge is -2.14. The lowest BCUT2D eigenvalue weighted by atomic mass is 9.99. The van der Waals surface area contributed by atoms with E-state index in [4.69, 9.17) is 0 Å². The van der Waals surface area contributed by atoms with Crippen LogP contribution in [0.15, 0.2) is 18.7 Å². The smallest absolute Gasteiger partial charge is 0.133 e. The Hall–Kier alpha value is -1.91. The molecule has 0 aliphatic rings. The second kappa shape index (κ2) is 4.53. The van der Waals surface area contributed by atoms with E-state index in [1.54, 1.807) is 11.0 Å². The lowest BCUT2D eigenvalue weighted by molar-refractivity contribution is 0.768. The fourth-order valence-corrected chi connectivity index (χ4v) is 1.92. The van der Waals surface area contributed by atoms with Crippen LogP contribution in [0.4, 0.5) is 5.82 Å². The zero-order valence-corrected chi connectivity index (χ0v) is 10.6. The Bertz CT molecular complexity index is 515. The molecule has 0 unspecified atom stereocenters. The number of nitrogens with zero attached hydrogens (tertiary/aromatic N) is 4. The molecule has 2 rings (SSSR count). The fourth-order valence-electron chi connectivity index (χ4n) is 1.92. The summed E-state index contributed by atoms with van der Waals surface area (Å²) in [6.45, 7) is 4.28. The van der Waals surface area contributed by atoms with Gasteiger partial charge in [-0.3, -0.25) is 4.68 Å². The number of rotatable bonds is 3. The van der Waals surface area contributed by atoms with Gasteiger partial charge in [-0.15, -0.1) is 0 Å². The van der Waals surface area contributed by atoms with Crippen molar-refractivity contribution in [3.63, 3.8) is 0 Å². The first-order valence-electron chi connectivity index (χ1n) is 5.65. The largest absolute Gasteiger partial charge is 0.373 e. The summed E-state index contributed by atoms with van der Waals surface area (Å²) in [7, 11) is 3.78. The van der Waals surface area contributed by atoms with Crippen molar-refractivity contribution in [3.8, 4) is 11.3 Å². The first-order valence-corrected chi connectivity index (χ1v) is 5.65. The maximum Gasteiger partial charge on any atom is 0.133 e. The van der Waals surface area contributed by atoms with Crippen molar-refractivity contribution < 1.29 is 0 Å². The second-order valence-corrected chi connectivity index (χ2v) is 4.29. The predicted octanol–water partition coefficient (Wildman–Crippen LogP) is 2.04. The van der Waals surface area contributed by atoms with Crippen molar-refractivity contribution in [2.45, 2.75) is 19.8 Å². The van der Waals surface area contributed by atoms with Crippen LogP contribution in [0.1, 0.15) is 25.3 Å². The molecule has 2 aromatic heterocycles. The van der Waals surface area contributed by atoms with Gasteiger partial charge >= 0.3 is 0 Å². The van der Waals surface area contributed by atoms with Crippen LogP contribution in [-0.4, -0.2) is 26.8 Å². The molecule has 2 heterocycles. The highest BCUT2D eigenvalue weighted by Gasteiger charge is 2.16. The summed E-state index contributed by atoms with van der Waals surface area (Å²) in [6.07, 6.45) is 5.38. The topological polar surface area (TPSA) is 55.6 Å². The molecule has 0 aliphatic heterocycles. The number of hydrogen-bond donors (Lipinski definition) is 1. The molecule has 0 radical (unpaired) electrons. The minimum absolute atomic E-state index is 0.355. The SMILES string of the molecule is CNc1ncnc(-c2cnn(C)c2)c1C(C)C. The van der Waals surface area contributed by atoms with Gasteiger partial charge in [0.15, 0.2) is 0 Å². The van der Waals surface area contributed by atoms with E-state index in [-0.39, 0.29) is 0 Å². The van der Waals surface area contributed by atoms with Gasteiger partial charge in [0.05, 0.1) is 11.9 Å². The molecule has 5 nitrogen and oxygen atoms in total. The van der Waals surface area contributed by atoms with Gasteiger partial charge in [0, 0.05) is 31.4 Å². The average molecular weight is 231 g/mol. The van der Waals surface area contributed by atoms with Gasteiger partial charge in [-0.1, -0.05) is 13.8 Å². The quantitative estimate of drug-likeness (QED) is 0.878. The highest BCUT2D eigenvalue weighted by Crippen LogP contribution is 2.31. The molecule has 0 bridgehead atoms. The molecule has 0 amide bonds. The van der Waals surface area contributed by atoms with Crippen molar-refractivity contribution >= 4 is 5.82 Å². The van der Waals surface area contributed by atoms with Crippen molar-refractivity contribution in [2.24, 2.45) is 7.05 Å². The third-order valence-electron chi connectivity index (χ3n) is 2.68. The molecule has 90 valence electrons. The fraction of sp³-hybridized carbons (Fsp3) is 0.417. The second-order valence-electron chi connectivity index (χ2n) is 4.29. The number of hydrogen-bond acceptors (Lipinski definition) is 4. The molecule has 2 aromatic rings. The van der Waals surface area contributed by atoms with Crippen molar-refractivity contribution in [3.05, 3.63) is 24.3 Å². The van der Waals surface area contributed by atoms with Gasteiger partial charge in [0.2, 0.25) is 0 Å². The number of aryl methyl sites for hydroxylation is 1. The minimum Gasteiger partial charge on any atom is -0.373 e. The maximum absolute atomic E-state index is 4.39. The Labute approximate surface area is 101 Å². The predicted molar refractivity (Wildman–Crippen MR) is 67.9 cm³/mol. The van der Waals surface area contributed by atoms with Crippen molar-refractivity contribution in [1.29, 1.82) is 0 Å². The Balaban J connectivity index is 2.60. The van der Waals surface area contributed by atoms with Gasteiger partial charge in [0.1, 0.15) is 12.1 Å². The Morgan fingerprint density at radius 2 is 2.06 bits per heavy atom. The summed E-state index contributed by atoms with van der Waals surface area (Å²) in [6, 6.07) is 0. The highest BCUT2D eigenvalue weighted by molar-refractivity contribution is 5.68. The standard InChI is InChI=1S/C12H17N5/c1-8(2)10-11(9-5-16-17(4)6-9)14-7-15-12(10)13-3/h5-8H,1-4H3,(H,13,14,15). The van der Waals surface area contributed by atoms with E-state index in [1.165, 1.54) is 0 Å². The first kappa shape index (κ1) is 11.6. The van der Waals surface area contributed by atoms with Crippen LogP contribution in [0.2, 0.25) is 0 Å². The van der Waals surface area contributed by atoms with Crippen molar-refractivity contribution in [2.75, 3.05) is 12.4 Å². The van der Waals surface area contributed by atoms with E-state index in [0.29, 0.717) is 5.92 Å². The minimum atomic E-state index is 0.355. The van der Waals surface area contributed by atoms with E-state index in [1.807, 2.05) is 26.5 Å². The third kappa shape index (κ3) is 2.13. The van der Waals surface area contributed by atoms with Gasteiger partial charge in [-0.25, -0.2) is 9.97 Å². The van der Waals surface area contributed by atoms with Gasteiger partial charge < -0.3 is 5.32 Å². The lowest BCUT2D eigenvalue weighted by Crippen LogP contribution is -2.04. The third-order valence-corrected chi connectivity index (χ3v) is 2.68. The molecule has 0 spiro atoms. The van der Waals surface area contributed by atoms with E-state index in [9.17, 15) is 0 Å². The number of anilines is 1. The summed E-state index contributed by atoms with van der Waals surface area (Å²) in [5.74, 6) is 1.24. The van der Waals surface area contributed by atoms with Crippen LogP contribution in [-0.2, 0) is 7.05 Å². The zero-order valence-electron chi connectivity index (χ0n) is 10.6. The molecule has 5 heteroatoms. The Morgan fingerprint density at radius 3 is 2.59 bits per heavy atom. The van der Waals surface area contributed by atoms with E-state index in [0.717, 1.165) is 22.6 Å².